The van der Waals surface area contributed by atoms with Crippen LogP contribution in [0.1, 0.15) is 5.56 Å². The van der Waals surface area contributed by atoms with Gasteiger partial charge in [0.15, 0.2) is 0 Å². The highest BCUT2D eigenvalue weighted by atomic mass is 35.5. The topological polar surface area (TPSA) is 21.3 Å². The standard InChI is InChI=1S/C9H12ClNO/c1-12-7-11-6-8-2-4-9(10)5-3-8/h2-5,11H,6-7H2,1H3. The van der Waals surface area contributed by atoms with Gasteiger partial charge in [0.05, 0.1) is 6.73 Å². The van der Waals surface area contributed by atoms with E-state index >= 15 is 0 Å². The third-order valence-electron chi connectivity index (χ3n) is 1.49. The predicted octanol–water partition coefficient (Wildman–Crippen LogP) is 2.03. The first kappa shape index (κ1) is 9.52. The molecule has 2 nitrogen and oxygen atoms in total. The van der Waals surface area contributed by atoms with Crippen molar-refractivity contribution in [1.29, 1.82) is 0 Å². The van der Waals surface area contributed by atoms with Crippen molar-refractivity contribution < 1.29 is 4.74 Å². The Hall–Kier alpha value is -0.570. The summed E-state index contributed by atoms with van der Waals surface area (Å²) in [4.78, 5) is 0. The normalized spacial score (nSPS) is 10.2. The molecule has 0 saturated carbocycles. The Balaban J connectivity index is 2.37. The highest BCUT2D eigenvalue weighted by Crippen LogP contribution is 2.08. The minimum Gasteiger partial charge on any atom is -0.370 e. The number of nitrogens with one attached hydrogen (secondary N) is 1. The molecule has 0 spiro atoms. The number of methoxy groups -OCH3 is 1. The monoisotopic (exact) mass is 185 g/mol. The summed E-state index contributed by atoms with van der Waals surface area (Å²) >= 11 is 5.73. The fourth-order valence-electron chi connectivity index (χ4n) is 0.900. The third kappa shape index (κ3) is 3.22. The zero-order chi connectivity index (χ0) is 8.81. The van der Waals surface area contributed by atoms with Crippen LogP contribution in [0.15, 0.2) is 24.3 Å². The molecule has 0 atom stereocenters. The first-order valence-corrected chi connectivity index (χ1v) is 4.15. The molecule has 1 aromatic carbocycles. The summed E-state index contributed by atoms with van der Waals surface area (Å²) in [7, 11) is 1.66. The summed E-state index contributed by atoms with van der Waals surface area (Å²) in [6, 6.07) is 7.74. The fourth-order valence-corrected chi connectivity index (χ4v) is 1.03. The van der Waals surface area contributed by atoms with E-state index in [2.05, 4.69) is 5.32 Å². The van der Waals surface area contributed by atoms with Gasteiger partial charge in [0.2, 0.25) is 0 Å². The van der Waals surface area contributed by atoms with E-state index < -0.39 is 0 Å². The van der Waals surface area contributed by atoms with Crippen molar-refractivity contribution in [3.63, 3.8) is 0 Å². The van der Waals surface area contributed by atoms with Crippen LogP contribution < -0.4 is 5.32 Å². The maximum absolute atomic E-state index is 5.73. The molecular weight excluding hydrogens is 174 g/mol. The van der Waals surface area contributed by atoms with E-state index in [9.17, 15) is 0 Å². The van der Waals surface area contributed by atoms with E-state index in [4.69, 9.17) is 16.3 Å². The molecule has 0 saturated heterocycles. The van der Waals surface area contributed by atoms with Crippen LogP contribution in [0, 0.1) is 0 Å². The van der Waals surface area contributed by atoms with Crippen molar-refractivity contribution >= 4 is 11.6 Å². The molecule has 0 unspecified atom stereocenters. The lowest BCUT2D eigenvalue weighted by atomic mass is 10.2. The average molecular weight is 186 g/mol. The van der Waals surface area contributed by atoms with E-state index in [0.717, 1.165) is 11.6 Å². The molecule has 0 aromatic heterocycles. The van der Waals surface area contributed by atoms with E-state index in [1.165, 1.54) is 5.56 Å². The summed E-state index contributed by atoms with van der Waals surface area (Å²) in [6.45, 7) is 1.38. The molecule has 0 aliphatic heterocycles. The number of rotatable bonds is 4. The maximum Gasteiger partial charge on any atom is 0.0964 e. The lowest BCUT2D eigenvalue weighted by Crippen LogP contribution is -2.15. The van der Waals surface area contributed by atoms with E-state index in [-0.39, 0.29) is 0 Å². The zero-order valence-corrected chi connectivity index (χ0v) is 7.77. The number of hydrogen-bond donors (Lipinski definition) is 1. The van der Waals surface area contributed by atoms with Gasteiger partial charge < -0.3 is 4.74 Å². The summed E-state index contributed by atoms with van der Waals surface area (Å²) in [5, 5.41) is 3.87. The SMILES string of the molecule is COCNCc1ccc(Cl)cc1. The molecule has 12 heavy (non-hydrogen) atoms. The maximum atomic E-state index is 5.73. The smallest absolute Gasteiger partial charge is 0.0964 e. The number of ether oxygens (including phenoxy) is 1. The van der Waals surface area contributed by atoms with Crippen LogP contribution in [0.25, 0.3) is 0 Å². The Morgan fingerprint density at radius 1 is 1.33 bits per heavy atom. The molecule has 1 aromatic rings. The Bertz CT molecular complexity index is 222. The van der Waals surface area contributed by atoms with Crippen LogP contribution >= 0.6 is 11.6 Å². The van der Waals surface area contributed by atoms with Crippen molar-refractivity contribution in [2.75, 3.05) is 13.8 Å². The van der Waals surface area contributed by atoms with E-state index in [1.807, 2.05) is 24.3 Å². The molecule has 0 amide bonds. The molecule has 3 heteroatoms. The van der Waals surface area contributed by atoms with Gasteiger partial charge in [-0.3, -0.25) is 5.32 Å². The first-order chi connectivity index (χ1) is 5.83. The molecule has 66 valence electrons. The van der Waals surface area contributed by atoms with Gasteiger partial charge in [-0.1, -0.05) is 23.7 Å². The molecule has 1 rings (SSSR count). The third-order valence-corrected chi connectivity index (χ3v) is 1.74. The lowest BCUT2D eigenvalue weighted by molar-refractivity contribution is 0.174. The number of benzene rings is 1. The van der Waals surface area contributed by atoms with Crippen molar-refractivity contribution in [2.24, 2.45) is 0 Å². The summed E-state index contributed by atoms with van der Waals surface area (Å²) in [5.74, 6) is 0. The van der Waals surface area contributed by atoms with Gasteiger partial charge in [-0.15, -0.1) is 0 Å². The number of hydrogen-bond acceptors (Lipinski definition) is 2. The molecule has 0 aliphatic carbocycles. The Morgan fingerprint density at radius 3 is 2.58 bits per heavy atom. The van der Waals surface area contributed by atoms with Crippen LogP contribution in [0.5, 0.6) is 0 Å². The second-order valence-corrected chi connectivity index (χ2v) is 2.92. The van der Waals surface area contributed by atoms with Crippen LogP contribution in [0.4, 0.5) is 0 Å². The average Bonchev–Trinajstić information content (AvgIpc) is 2.09. The van der Waals surface area contributed by atoms with Crippen LogP contribution in [0.3, 0.4) is 0 Å². The fraction of sp³-hybridized carbons (Fsp3) is 0.333. The Morgan fingerprint density at radius 2 is 2.00 bits per heavy atom. The molecule has 0 radical (unpaired) electrons. The van der Waals surface area contributed by atoms with Crippen LogP contribution in [-0.2, 0) is 11.3 Å². The number of halogens is 1. The van der Waals surface area contributed by atoms with Gasteiger partial charge in [0.1, 0.15) is 0 Å². The second-order valence-electron chi connectivity index (χ2n) is 2.49. The second kappa shape index (κ2) is 5.14. The van der Waals surface area contributed by atoms with Gasteiger partial charge in [-0.25, -0.2) is 0 Å². The highest BCUT2D eigenvalue weighted by molar-refractivity contribution is 6.30. The quantitative estimate of drug-likeness (QED) is 0.573. The van der Waals surface area contributed by atoms with Crippen molar-refractivity contribution in [3.05, 3.63) is 34.9 Å². The molecular formula is C9H12ClNO. The van der Waals surface area contributed by atoms with Gasteiger partial charge in [-0.05, 0) is 17.7 Å². The minimum absolute atomic E-state index is 0.572. The Labute approximate surface area is 77.5 Å². The lowest BCUT2D eigenvalue weighted by Gasteiger charge is -2.02. The first-order valence-electron chi connectivity index (χ1n) is 3.77. The van der Waals surface area contributed by atoms with Crippen molar-refractivity contribution in [3.8, 4) is 0 Å². The molecule has 0 aliphatic rings. The minimum atomic E-state index is 0.572. The van der Waals surface area contributed by atoms with E-state index in [1.54, 1.807) is 7.11 Å². The van der Waals surface area contributed by atoms with Crippen LogP contribution in [0.2, 0.25) is 5.02 Å². The highest BCUT2D eigenvalue weighted by Gasteiger charge is 1.91. The van der Waals surface area contributed by atoms with Crippen molar-refractivity contribution in [2.45, 2.75) is 6.54 Å². The molecule has 0 fully saturated rings. The molecule has 0 heterocycles. The predicted molar refractivity (Wildman–Crippen MR) is 50.2 cm³/mol. The van der Waals surface area contributed by atoms with Gasteiger partial charge >= 0.3 is 0 Å². The summed E-state index contributed by atoms with van der Waals surface area (Å²) in [6.07, 6.45) is 0. The largest absolute Gasteiger partial charge is 0.370 e. The van der Waals surface area contributed by atoms with Crippen LogP contribution in [-0.4, -0.2) is 13.8 Å². The van der Waals surface area contributed by atoms with E-state index in [0.29, 0.717) is 6.73 Å². The summed E-state index contributed by atoms with van der Waals surface area (Å²) in [5.41, 5.74) is 1.21. The Kier molecular flexibility index (Phi) is 4.08. The molecule has 0 bridgehead atoms. The van der Waals surface area contributed by atoms with Gasteiger partial charge in [0, 0.05) is 18.7 Å². The van der Waals surface area contributed by atoms with Crippen molar-refractivity contribution in [1.82, 2.24) is 5.32 Å². The zero-order valence-electron chi connectivity index (χ0n) is 7.01. The van der Waals surface area contributed by atoms with Gasteiger partial charge in [0.25, 0.3) is 0 Å². The van der Waals surface area contributed by atoms with Gasteiger partial charge in [-0.2, -0.15) is 0 Å². The molecule has 1 N–H and O–H groups in total. The summed E-state index contributed by atoms with van der Waals surface area (Å²) < 4.78 is 4.85.